The molecule has 1 aromatic carbocycles. The molecule has 0 bridgehead atoms. The number of benzene rings is 1. The van der Waals surface area contributed by atoms with Crippen LogP contribution in [0.3, 0.4) is 0 Å². The summed E-state index contributed by atoms with van der Waals surface area (Å²) in [6.45, 7) is 1.45. The Morgan fingerprint density at radius 2 is 2.15 bits per heavy atom. The first-order valence-corrected chi connectivity index (χ1v) is 7.14. The molecule has 0 unspecified atom stereocenters. The van der Waals surface area contributed by atoms with Gasteiger partial charge in [-0.2, -0.15) is 0 Å². The van der Waals surface area contributed by atoms with E-state index in [0.29, 0.717) is 12.6 Å². The normalized spacial score (nSPS) is 15.1. The van der Waals surface area contributed by atoms with Crippen molar-refractivity contribution < 1.29 is 0 Å². The number of nitrogens with zero attached hydrogens (tertiary/aromatic N) is 3. The third-order valence-corrected chi connectivity index (χ3v) is 4.14. The highest BCUT2D eigenvalue weighted by Crippen LogP contribution is 2.36. The van der Waals surface area contributed by atoms with Crippen LogP contribution in [-0.4, -0.2) is 14.1 Å². The minimum absolute atomic E-state index is 0.585. The fourth-order valence-electron chi connectivity index (χ4n) is 2.91. The van der Waals surface area contributed by atoms with Gasteiger partial charge < -0.3 is 14.9 Å². The molecule has 1 aliphatic rings. The van der Waals surface area contributed by atoms with E-state index >= 15 is 0 Å². The number of hydrogen-bond donors (Lipinski definition) is 1. The molecule has 1 aliphatic carbocycles. The quantitative estimate of drug-likeness (QED) is 0.789. The van der Waals surface area contributed by atoms with Crippen molar-refractivity contribution in [3.8, 4) is 0 Å². The zero-order valence-electron chi connectivity index (χ0n) is 11.4. The number of aromatic nitrogens is 3. The lowest BCUT2D eigenvalue weighted by atomic mass is 10.1. The maximum Gasteiger partial charge on any atom is 0.0951 e. The zero-order valence-corrected chi connectivity index (χ0v) is 11.4. The number of hydrogen-bond acceptors (Lipinski definition) is 2. The summed E-state index contributed by atoms with van der Waals surface area (Å²) in [5.74, 6) is 0. The standard InChI is InChI=1S/C16H18N4/c17-8-12-2-1-3-16-15(12)6-7-19(16)10-14-9-18-11-20(14)13-4-5-13/h1-3,6-7,9,11,13H,4-5,8,10,17H2. The van der Waals surface area contributed by atoms with Crippen molar-refractivity contribution in [3.05, 3.63) is 54.2 Å². The van der Waals surface area contributed by atoms with Crippen LogP contribution < -0.4 is 5.73 Å². The summed E-state index contributed by atoms with van der Waals surface area (Å²) in [5.41, 5.74) is 9.54. The third kappa shape index (κ3) is 1.84. The lowest BCUT2D eigenvalue weighted by molar-refractivity contribution is 0.665. The Morgan fingerprint density at radius 1 is 1.25 bits per heavy atom. The smallest absolute Gasteiger partial charge is 0.0951 e. The second-order valence-electron chi connectivity index (χ2n) is 5.52. The molecular formula is C16H18N4. The van der Waals surface area contributed by atoms with Gasteiger partial charge >= 0.3 is 0 Å². The fraction of sp³-hybridized carbons (Fsp3) is 0.312. The minimum atomic E-state index is 0.585. The summed E-state index contributed by atoms with van der Waals surface area (Å²) < 4.78 is 4.60. The molecule has 1 fully saturated rings. The Morgan fingerprint density at radius 3 is 2.95 bits per heavy atom. The number of fused-ring (bicyclic) bond motifs is 1. The summed E-state index contributed by atoms with van der Waals surface area (Å²) in [7, 11) is 0. The van der Waals surface area contributed by atoms with Crippen molar-refractivity contribution in [2.24, 2.45) is 5.73 Å². The van der Waals surface area contributed by atoms with E-state index in [-0.39, 0.29) is 0 Å². The molecule has 102 valence electrons. The van der Waals surface area contributed by atoms with Gasteiger partial charge in [0.05, 0.1) is 18.6 Å². The highest BCUT2D eigenvalue weighted by molar-refractivity contribution is 5.83. The maximum absolute atomic E-state index is 5.81. The van der Waals surface area contributed by atoms with E-state index in [1.54, 1.807) is 0 Å². The first-order valence-electron chi connectivity index (χ1n) is 7.14. The Labute approximate surface area is 117 Å². The summed E-state index contributed by atoms with van der Waals surface area (Å²) in [6, 6.07) is 9.18. The zero-order chi connectivity index (χ0) is 13.5. The monoisotopic (exact) mass is 266 g/mol. The van der Waals surface area contributed by atoms with Crippen LogP contribution in [0.1, 0.15) is 30.1 Å². The second kappa shape index (κ2) is 4.49. The number of nitrogens with two attached hydrogens (primary N) is 1. The van der Waals surface area contributed by atoms with Gasteiger partial charge in [-0.15, -0.1) is 0 Å². The van der Waals surface area contributed by atoms with Gasteiger partial charge in [0, 0.05) is 35.9 Å². The molecule has 0 aliphatic heterocycles. The molecule has 3 aromatic rings. The molecule has 0 radical (unpaired) electrons. The number of imidazole rings is 1. The van der Waals surface area contributed by atoms with E-state index in [9.17, 15) is 0 Å². The molecule has 1 saturated carbocycles. The molecule has 0 saturated heterocycles. The van der Waals surface area contributed by atoms with Crippen molar-refractivity contribution in [1.82, 2.24) is 14.1 Å². The van der Waals surface area contributed by atoms with Gasteiger partial charge in [0.15, 0.2) is 0 Å². The molecular weight excluding hydrogens is 248 g/mol. The predicted octanol–water partition coefficient (Wildman–Crippen LogP) is 2.68. The average molecular weight is 266 g/mol. The summed E-state index contributed by atoms with van der Waals surface area (Å²) in [6.07, 6.45) is 8.66. The van der Waals surface area contributed by atoms with E-state index < -0.39 is 0 Å². The van der Waals surface area contributed by atoms with E-state index in [0.717, 1.165) is 6.54 Å². The first-order chi connectivity index (χ1) is 9.86. The van der Waals surface area contributed by atoms with E-state index in [4.69, 9.17) is 5.73 Å². The van der Waals surface area contributed by atoms with Gasteiger partial charge in [0.2, 0.25) is 0 Å². The molecule has 0 spiro atoms. The molecule has 2 heterocycles. The van der Waals surface area contributed by atoms with Gasteiger partial charge in [0.1, 0.15) is 0 Å². The van der Waals surface area contributed by atoms with Crippen LogP contribution in [0.15, 0.2) is 43.0 Å². The SMILES string of the molecule is NCc1cccc2c1ccn2Cc1cncn1C1CC1. The van der Waals surface area contributed by atoms with E-state index in [2.05, 4.69) is 44.6 Å². The Kier molecular flexibility index (Phi) is 2.63. The van der Waals surface area contributed by atoms with Crippen LogP contribution in [-0.2, 0) is 13.1 Å². The fourth-order valence-corrected chi connectivity index (χ4v) is 2.91. The van der Waals surface area contributed by atoms with Gasteiger partial charge in [-0.25, -0.2) is 4.98 Å². The number of rotatable bonds is 4. The molecule has 2 N–H and O–H groups in total. The van der Waals surface area contributed by atoms with Crippen molar-refractivity contribution in [2.75, 3.05) is 0 Å². The van der Waals surface area contributed by atoms with Gasteiger partial charge in [-0.05, 0) is 30.5 Å². The first kappa shape index (κ1) is 11.7. The van der Waals surface area contributed by atoms with Gasteiger partial charge in [0.25, 0.3) is 0 Å². The van der Waals surface area contributed by atoms with Gasteiger partial charge in [-0.1, -0.05) is 12.1 Å². The maximum atomic E-state index is 5.81. The molecule has 4 heteroatoms. The third-order valence-electron chi connectivity index (χ3n) is 4.14. The van der Waals surface area contributed by atoms with Crippen molar-refractivity contribution in [2.45, 2.75) is 32.0 Å². The minimum Gasteiger partial charge on any atom is -0.341 e. The van der Waals surface area contributed by atoms with Crippen molar-refractivity contribution in [1.29, 1.82) is 0 Å². The molecule has 4 nitrogen and oxygen atoms in total. The second-order valence-corrected chi connectivity index (χ2v) is 5.52. The average Bonchev–Trinajstić information content (AvgIpc) is 3.08. The molecule has 20 heavy (non-hydrogen) atoms. The van der Waals surface area contributed by atoms with Crippen LogP contribution >= 0.6 is 0 Å². The van der Waals surface area contributed by atoms with Gasteiger partial charge in [-0.3, -0.25) is 0 Å². The summed E-state index contributed by atoms with van der Waals surface area (Å²) in [4.78, 5) is 4.31. The highest BCUT2D eigenvalue weighted by atomic mass is 15.1. The molecule has 2 aromatic heterocycles. The highest BCUT2D eigenvalue weighted by Gasteiger charge is 2.25. The lowest BCUT2D eigenvalue weighted by Gasteiger charge is -2.09. The van der Waals surface area contributed by atoms with Crippen LogP contribution in [0.5, 0.6) is 0 Å². The van der Waals surface area contributed by atoms with Crippen LogP contribution in [0, 0.1) is 0 Å². The predicted molar refractivity (Wildman–Crippen MR) is 79.4 cm³/mol. The van der Waals surface area contributed by atoms with Crippen molar-refractivity contribution in [3.63, 3.8) is 0 Å². The van der Waals surface area contributed by atoms with Crippen LogP contribution in [0.2, 0.25) is 0 Å². The Balaban J connectivity index is 1.73. The molecule has 4 rings (SSSR count). The lowest BCUT2D eigenvalue weighted by Crippen LogP contribution is -2.05. The summed E-state index contributed by atoms with van der Waals surface area (Å²) >= 11 is 0. The molecule has 0 atom stereocenters. The summed E-state index contributed by atoms with van der Waals surface area (Å²) in [5, 5.41) is 1.26. The molecule has 0 amide bonds. The van der Waals surface area contributed by atoms with E-state index in [1.165, 1.54) is 35.0 Å². The topological polar surface area (TPSA) is 48.8 Å². The van der Waals surface area contributed by atoms with Crippen LogP contribution in [0.4, 0.5) is 0 Å². The van der Waals surface area contributed by atoms with Crippen molar-refractivity contribution >= 4 is 10.9 Å². The Bertz CT molecular complexity index is 749. The van der Waals surface area contributed by atoms with Crippen LogP contribution in [0.25, 0.3) is 10.9 Å². The van der Waals surface area contributed by atoms with E-state index in [1.807, 2.05) is 12.5 Å². The Hall–Kier alpha value is -2.07. The largest absolute Gasteiger partial charge is 0.341 e.